The van der Waals surface area contributed by atoms with Gasteiger partial charge in [0, 0.05) is 23.2 Å². The minimum Gasteiger partial charge on any atom is -0.493 e. The molecule has 0 bridgehead atoms. The molecule has 2 aliphatic rings. The van der Waals surface area contributed by atoms with Crippen LogP contribution in [0.1, 0.15) is 48.8 Å². The number of benzene rings is 1. The first-order valence-corrected chi connectivity index (χ1v) is 10.3. The van der Waals surface area contributed by atoms with Gasteiger partial charge in [0.1, 0.15) is 0 Å². The van der Waals surface area contributed by atoms with E-state index in [2.05, 4.69) is 11.1 Å². The lowest BCUT2D eigenvalue weighted by Crippen LogP contribution is -2.34. The number of pyridine rings is 1. The zero-order chi connectivity index (χ0) is 21.3. The first-order valence-electron chi connectivity index (χ1n) is 10.3. The highest BCUT2D eigenvalue weighted by Crippen LogP contribution is 2.45. The number of aromatic nitrogens is 1. The summed E-state index contributed by atoms with van der Waals surface area (Å²) in [6.45, 7) is 2.50. The molecule has 31 heavy (non-hydrogen) atoms. The normalized spacial score (nSPS) is 21.7. The summed E-state index contributed by atoms with van der Waals surface area (Å²) in [7, 11) is 4.79. The number of aliphatic hydroxyl groups is 1. The first-order chi connectivity index (χ1) is 14.6. The lowest BCUT2D eigenvalue weighted by Gasteiger charge is -2.37. The molecular weight excluding hydrogens is 420 g/mol. The number of hydrogen-bond acceptors (Lipinski definition) is 7. The summed E-state index contributed by atoms with van der Waals surface area (Å²) in [5.41, 5.74) is 3.80. The van der Waals surface area contributed by atoms with E-state index in [-0.39, 0.29) is 30.5 Å². The van der Waals surface area contributed by atoms with Crippen LogP contribution in [-0.2, 0) is 0 Å². The van der Waals surface area contributed by atoms with Crippen molar-refractivity contribution in [3.63, 3.8) is 0 Å². The van der Waals surface area contributed by atoms with Crippen molar-refractivity contribution in [1.29, 1.82) is 0 Å². The third kappa shape index (κ3) is 4.29. The van der Waals surface area contributed by atoms with Crippen LogP contribution in [-0.4, -0.2) is 55.9 Å². The molecule has 8 heteroatoms. The van der Waals surface area contributed by atoms with Crippen molar-refractivity contribution >= 4 is 18.1 Å². The number of methoxy groups -OCH3 is 3. The summed E-state index contributed by atoms with van der Waals surface area (Å²) in [6, 6.07) is 6.03. The Morgan fingerprint density at radius 1 is 1.00 bits per heavy atom. The summed E-state index contributed by atoms with van der Waals surface area (Å²) in [4.78, 5) is 9.50. The van der Waals surface area contributed by atoms with E-state index in [4.69, 9.17) is 23.9 Å². The molecule has 1 fully saturated rings. The zero-order valence-corrected chi connectivity index (χ0v) is 19.1. The van der Waals surface area contributed by atoms with Gasteiger partial charge < -0.3 is 24.1 Å². The highest BCUT2D eigenvalue weighted by molar-refractivity contribution is 6.15. The maximum absolute atomic E-state index is 10.3. The molecule has 1 N–H and O–H groups in total. The molecule has 1 aliphatic carbocycles. The Kier molecular flexibility index (Phi) is 7.28. The number of nitrogens with zero attached hydrogens (tertiary/aromatic N) is 2. The third-order valence-electron chi connectivity index (χ3n) is 5.88. The molecule has 7 nitrogen and oxygen atoms in total. The van der Waals surface area contributed by atoms with Gasteiger partial charge in [0.15, 0.2) is 17.2 Å². The maximum Gasteiger partial charge on any atom is 0.256 e. The van der Waals surface area contributed by atoms with Crippen molar-refractivity contribution in [3.8, 4) is 23.1 Å². The quantitative estimate of drug-likeness (QED) is 0.724. The van der Waals surface area contributed by atoms with E-state index in [0.29, 0.717) is 36.2 Å². The van der Waals surface area contributed by atoms with E-state index in [1.54, 1.807) is 27.5 Å². The van der Waals surface area contributed by atoms with E-state index in [1.807, 2.05) is 19.1 Å². The maximum atomic E-state index is 10.3. The van der Waals surface area contributed by atoms with E-state index >= 15 is 0 Å². The fourth-order valence-electron chi connectivity index (χ4n) is 4.46. The predicted octanol–water partition coefficient (Wildman–Crippen LogP) is 3.78. The molecule has 4 rings (SSSR count). The van der Waals surface area contributed by atoms with E-state index < -0.39 is 0 Å². The molecule has 0 amide bonds. The molecule has 2 heterocycles. The summed E-state index contributed by atoms with van der Waals surface area (Å²) in [6.07, 6.45) is 3.73. The fourth-order valence-corrected chi connectivity index (χ4v) is 4.46. The molecule has 1 saturated carbocycles. The minimum atomic E-state index is -0.309. The standard InChI is InChI=1S/C23H28N2O5.ClH/c1-5-30-20-10-15-16-9-14(26)6-7-18(16)25-22(17(15)11-19(20)27-2)13-8-21(28-3)23(29-4)24-12-13;/h8,10-12,14,16,18,26H,5-7,9H2,1-4H3;1H/t14-,16-,18-;/m1./s1. The molecule has 1 aliphatic heterocycles. The molecule has 0 spiro atoms. The van der Waals surface area contributed by atoms with Gasteiger partial charge in [-0.3, -0.25) is 4.99 Å². The van der Waals surface area contributed by atoms with Crippen LogP contribution in [0.25, 0.3) is 0 Å². The second-order valence-corrected chi connectivity index (χ2v) is 7.58. The Morgan fingerprint density at radius 3 is 2.45 bits per heavy atom. The second kappa shape index (κ2) is 9.75. The molecule has 0 radical (unpaired) electrons. The van der Waals surface area contributed by atoms with Gasteiger partial charge in [-0.05, 0) is 49.9 Å². The van der Waals surface area contributed by atoms with Crippen molar-refractivity contribution in [2.75, 3.05) is 27.9 Å². The van der Waals surface area contributed by atoms with Gasteiger partial charge in [-0.25, -0.2) is 4.98 Å². The SMILES string of the molecule is CCOc1cc2c(cc1OC)C(c1cnc(OC)c(OC)c1)=N[C@@H]1CC[C@@H](O)C[C@H]21.Cl. The Morgan fingerprint density at radius 2 is 1.77 bits per heavy atom. The number of hydrogen-bond donors (Lipinski definition) is 1. The molecule has 2 aromatic rings. The topological polar surface area (TPSA) is 82.4 Å². The number of aliphatic hydroxyl groups excluding tert-OH is 1. The van der Waals surface area contributed by atoms with Crippen LogP contribution in [0.5, 0.6) is 23.1 Å². The van der Waals surface area contributed by atoms with Crippen molar-refractivity contribution in [1.82, 2.24) is 4.98 Å². The van der Waals surface area contributed by atoms with E-state index in [9.17, 15) is 5.11 Å². The number of halogens is 1. The average Bonchev–Trinajstić information content (AvgIpc) is 2.78. The number of aliphatic imine (C=N–C) groups is 1. The van der Waals surface area contributed by atoms with Crippen LogP contribution in [0.2, 0.25) is 0 Å². The summed E-state index contributed by atoms with van der Waals surface area (Å²) >= 11 is 0. The van der Waals surface area contributed by atoms with Gasteiger partial charge in [0.2, 0.25) is 0 Å². The Bertz CT molecular complexity index is 965. The van der Waals surface area contributed by atoms with Gasteiger partial charge in [-0.15, -0.1) is 12.4 Å². The molecule has 168 valence electrons. The van der Waals surface area contributed by atoms with Crippen LogP contribution < -0.4 is 18.9 Å². The number of ether oxygens (including phenoxy) is 4. The third-order valence-corrected chi connectivity index (χ3v) is 5.88. The van der Waals surface area contributed by atoms with E-state index in [0.717, 1.165) is 35.2 Å². The minimum absolute atomic E-state index is 0. The van der Waals surface area contributed by atoms with Crippen LogP contribution in [0.4, 0.5) is 0 Å². The van der Waals surface area contributed by atoms with Gasteiger partial charge in [0.25, 0.3) is 5.88 Å². The van der Waals surface area contributed by atoms with Crippen LogP contribution >= 0.6 is 12.4 Å². The lowest BCUT2D eigenvalue weighted by atomic mass is 9.74. The number of rotatable bonds is 6. The van der Waals surface area contributed by atoms with Crippen molar-refractivity contribution in [2.45, 2.75) is 44.2 Å². The highest BCUT2D eigenvalue weighted by atomic mass is 35.5. The van der Waals surface area contributed by atoms with Gasteiger partial charge in [-0.1, -0.05) is 0 Å². The molecule has 1 aromatic carbocycles. The fraction of sp³-hybridized carbons (Fsp3) is 0.478. The Hall–Kier alpha value is -2.51. The van der Waals surface area contributed by atoms with Gasteiger partial charge >= 0.3 is 0 Å². The lowest BCUT2D eigenvalue weighted by molar-refractivity contribution is 0.111. The molecule has 0 unspecified atom stereocenters. The Labute approximate surface area is 188 Å². The summed E-state index contributed by atoms with van der Waals surface area (Å²) in [5, 5.41) is 10.3. The van der Waals surface area contributed by atoms with Crippen molar-refractivity contribution < 1.29 is 24.1 Å². The molecule has 3 atom stereocenters. The highest BCUT2D eigenvalue weighted by Gasteiger charge is 2.37. The zero-order valence-electron chi connectivity index (χ0n) is 18.3. The smallest absolute Gasteiger partial charge is 0.256 e. The van der Waals surface area contributed by atoms with Crippen molar-refractivity contribution in [3.05, 3.63) is 41.1 Å². The van der Waals surface area contributed by atoms with Gasteiger partial charge in [-0.2, -0.15) is 0 Å². The largest absolute Gasteiger partial charge is 0.493 e. The van der Waals surface area contributed by atoms with Crippen molar-refractivity contribution in [2.24, 2.45) is 4.99 Å². The van der Waals surface area contributed by atoms with Crippen LogP contribution in [0.3, 0.4) is 0 Å². The number of fused-ring (bicyclic) bond motifs is 3. The first kappa shape index (κ1) is 23.2. The van der Waals surface area contributed by atoms with Gasteiger partial charge in [0.05, 0.1) is 45.8 Å². The van der Waals surface area contributed by atoms with Crippen LogP contribution in [0, 0.1) is 0 Å². The average molecular weight is 449 g/mol. The molecule has 0 saturated heterocycles. The molecule has 1 aromatic heterocycles. The summed E-state index contributed by atoms with van der Waals surface area (Å²) < 4.78 is 22.2. The van der Waals surface area contributed by atoms with Crippen LogP contribution in [0.15, 0.2) is 29.4 Å². The van der Waals surface area contributed by atoms with E-state index in [1.165, 1.54) is 0 Å². The second-order valence-electron chi connectivity index (χ2n) is 7.58. The summed E-state index contributed by atoms with van der Waals surface area (Å²) in [5.74, 6) is 2.50. The molecular formula is C23H29ClN2O5. The Balaban J connectivity index is 0.00000272. The predicted molar refractivity (Wildman–Crippen MR) is 121 cm³/mol. The monoisotopic (exact) mass is 448 g/mol.